The van der Waals surface area contributed by atoms with Crippen LogP contribution in [0.25, 0.3) is 0 Å². The Kier molecular flexibility index (Phi) is 11.1. The highest BCUT2D eigenvalue weighted by Gasteiger charge is 2.13. The average Bonchev–Trinajstić information content (AvgIpc) is 3.15. The van der Waals surface area contributed by atoms with Crippen LogP contribution < -0.4 is 10.6 Å². The molecule has 2 N–H and O–H groups in total. The number of hydrogen-bond acceptors (Lipinski definition) is 9. The van der Waals surface area contributed by atoms with Crippen molar-refractivity contribution in [1.29, 1.82) is 0 Å². The van der Waals surface area contributed by atoms with Gasteiger partial charge in [-0.25, -0.2) is 9.78 Å². The molecule has 1 aromatic rings. The number of carbonyl (C=O) groups excluding carboxylic acids is 2. The Balaban J connectivity index is 2.41. The fourth-order valence-corrected chi connectivity index (χ4v) is 2.80. The molecule has 29 heavy (non-hydrogen) atoms. The number of aromatic nitrogens is 1. The molecule has 0 saturated heterocycles. The Labute approximate surface area is 172 Å². The molecule has 1 rings (SSSR count). The first kappa shape index (κ1) is 24.1. The zero-order chi connectivity index (χ0) is 21.6. The minimum Gasteiger partial charge on any atom is -0.461 e. The number of nitro groups is 1. The van der Waals surface area contributed by atoms with Gasteiger partial charge in [-0.05, 0) is 19.1 Å². The number of esters is 1. The third-order valence-corrected chi connectivity index (χ3v) is 4.43. The first-order valence-corrected chi connectivity index (χ1v) is 9.83. The SMILES string of the molecule is CCOC(=O)c1csc(CCNCCC(=O)NC(/C=C\C=NC)=C(/C)[N+](=O)[O-])n1. The molecule has 1 aromatic heterocycles. The highest BCUT2D eigenvalue weighted by molar-refractivity contribution is 7.09. The lowest BCUT2D eigenvalue weighted by atomic mass is 10.3. The Morgan fingerprint density at radius 3 is 2.83 bits per heavy atom. The number of thiazole rings is 1. The second-order valence-electron chi connectivity index (χ2n) is 5.67. The molecular formula is C18H25N5O5S. The second-order valence-corrected chi connectivity index (χ2v) is 6.61. The molecular weight excluding hydrogens is 398 g/mol. The largest absolute Gasteiger partial charge is 0.461 e. The van der Waals surface area contributed by atoms with Gasteiger partial charge < -0.3 is 15.4 Å². The lowest BCUT2D eigenvalue weighted by Crippen LogP contribution is -2.28. The molecule has 1 heterocycles. The van der Waals surface area contributed by atoms with Crippen LogP contribution in [0.3, 0.4) is 0 Å². The monoisotopic (exact) mass is 423 g/mol. The number of rotatable bonds is 12. The lowest BCUT2D eigenvalue weighted by molar-refractivity contribution is -0.425. The summed E-state index contributed by atoms with van der Waals surface area (Å²) in [6.45, 7) is 4.33. The summed E-state index contributed by atoms with van der Waals surface area (Å²) in [4.78, 5) is 42.0. The third-order valence-electron chi connectivity index (χ3n) is 3.52. The van der Waals surface area contributed by atoms with Crippen LogP contribution in [0.5, 0.6) is 0 Å². The van der Waals surface area contributed by atoms with Crippen molar-refractivity contribution in [3.8, 4) is 0 Å². The number of hydrogen-bond donors (Lipinski definition) is 2. The van der Waals surface area contributed by atoms with Crippen molar-refractivity contribution < 1.29 is 19.2 Å². The normalized spacial score (nSPS) is 12.2. The molecule has 11 heteroatoms. The summed E-state index contributed by atoms with van der Waals surface area (Å²) in [6.07, 6.45) is 5.17. The Morgan fingerprint density at radius 2 is 2.17 bits per heavy atom. The van der Waals surface area contributed by atoms with E-state index in [4.69, 9.17) is 4.74 Å². The van der Waals surface area contributed by atoms with Gasteiger partial charge in [-0.1, -0.05) is 0 Å². The lowest BCUT2D eigenvalue weighted by Gasteiger charge is -2.07. The van der Waals surface area contributed by atoms with Gasteiger partial charge >= 0.3 is 5.97 Å². The number of ether oxygens (including phenoxy) is 1. The predicted molar refractivity (Wildman–Crippen MR) is 111 cm³/mol. The van der Waals surface area contributed by atoms with Gasteiger partial charge in [-0.15, -0.1) is 11.3 Å². The van der Waals surface area contributed by atoms with Crippen LogP contribution in [-0.4, -0.2) is 54.7 Å². The summed E-state index contributed by atoms with van der Waals surface area (Å²) >= 11 is 1.37. The van der Waals surface area contributed by atoms with E-state index in [0.717, 1.165) is 5.01 Å². The predicted octanol–water partition coefficient (Wildman–Crippen LogP) is 1.72. The molecule has 0 atom stereocenters. The molecule has 0 fully saturated rings. The molecule has 10 nitrogen and oxygen atoms in total. The van der Waals surface area contributed by atoms with Gasteiger partial charge in [-0.3, -0.25) is 19.9 Å². The minimum absolute atomic E-state index is 0.120. The number of amides is 1. The first-order chi connectivity index (χ1) is 13.9. The second kappa shape index (κ2) is 13.3. The number of aliphatic imine (C=N–C) groups is 1. The molecule has 0 radical (unpaired) electrons. The van der Waals surface area contributed by atoms with Crippen LogP contribution in [0, 0.1) is 10.1 Å². The van der Waals surface area contributed by atoms with E-state index in [1.54, 1.807) is 19.4 Å². The van der Waals surface area contributed by atoms with E-state index < -0.39 is 10.9 Å². The molecule has 0 aliphatic rings. The van der Waals surface area contributed by atoms with Crippen molar-refractivity contribution in [2.45, 2.75) is 26.7 Å². The maximum absolute atomic E-state index is 12.0. The van der Waals surface area contributed by atoms with Gasteiger partial charge in [0, 0.05) is 51.5 Å². The van der Waals surface area contributed by atoms with Crippen molar-refractivity contribution in [2.24, 2.45) is 4.99 Å². The summed E-state index contributed by atoms with van der Waals surface area (Å²) in [7, 11) is 1.57. The summed E-state index contributed by atoms with van der Waals surface area (Å²) in [5.41, 5.74) is 0.260. The van der Waals surface area contributed by atoms with Gasteiger partial charge in [0.05, 0.1) is 16.5 Å². The van der Waals surface area contributed by atoms with Gasteiger partial charge in [-0.2, -0.15) is 0 Å². The van der Waals surface area contributed by atoms with Crippen LogP contribution in [-0.2, 0) is 16.0 Å². The van der Waals surface area contributed by atoms with E-state index in [9.17, 15) is 19.7 Å². The van der Waals surface area contributed by atoms with E-state index in [2.05, 4.69) is 20.6 Å². The Hall–Kier alpha value is -2.92. The molecule has 158 valence electrons. The van der Waals surface area contributed by atoms with Crippen LogP contribution in [0.15, 0.2) is 33.9 Å². The average molecular weight is 423 g/mol. The quantitative estimate of drug-likeness (QED) is 0.130. The number of allylic oxidation sites excluding steroid dienone is 3. The van der Waals surface area contributed by atoms with E-state index in [1.165, 1.54) is 36.6 Å². The topological polar surface area (TPSA) is 136 Å². The highest BCUT2D eigenvalue weighted by atomic mass is 32.1. The summed E-state index contributed by atoms with van der Waals surface area (Å²) in [5, 5.41) is 19.0. The zero-order valence-electron chi connectivity index (χ0n) is 16.6. The van der Waals surface area contributed by atoms with Crippen molar-refractivity contribution in [2.75, 3.05) is 26.7 Å². The first-order valence-electron chi connectivity index (χ1n) is 8.95. The maximum atomic E-state index is 12.0. The van der Waals surface area contributed by atoms with E-state index in [0.29, 0.717) is 31.8 Å². The standard InChI is InChI=1S/C18H25N5O5S/c1-4-28-18(25)15-12-29-17(22-15)8-11-20-10-7-16(24)21-14(6-5-9-19-3)13(2)23(26)27/h5-6,9,12,20H,4,7-8,10-11H2,1-3H3,(H,21,24)/b6-5-,14-13-,19-9?. The van der Waals surface area contributed by atoms with Crippen molar-refractivity contribution in [3.05, 3.63) is 49.7 Å². The van der Waals surface area contributed by atoms with Crippen molar-refractivity contribution in [3.63, 3.8) is 0 Å². The fourth-order valence-electron chi connectivity index (χ4n) is 2.04. The van der Waals surface area contributed by atoms with Crippen LogP contribution in [0.2, 0.25) is 0 Å². The number of carbonyl (C=O) groups is 2. The van der Waals surface area contributed by atoms with Gasteiger partial charge in [0.1, 0.15) is 5.70 Å². The summed E-state index contributed by atoms with van der Waals surface area (Å²) in [6, 6.07) is 0. The van der Waals surface area contributed by atoms with E-state index in [-0.39, 0.29) is 23.7 Å². The Morgan fingerprint density at radius 1 is 1.41 bits per heavy atom. The maximum Gasteiger partial charge on any atom is 0.357 e. The highest BCUT2D eigenvalue weighted by Crippen LogP contribution is 2.11. The minimum atomic E-state index is -0.556. The van der Waals surface area contributed by atoms with Crippen LogP contribution in [0.1, 0.15) is 35.8 Å². The molecule has 0 spiro atoms. The zero-order valence-corrected chi connectivity index (χ0v) is 17.5. The smallest absolute Gasteiger partial charge is 0.357 e. The molecule has 0 aliphatic carbocycles. The molecule has 0 saturated carbocycles. The third kappa shape index (κ3) is 9.21. The van der Waals surface area contributed by atoms with Crippen molar-refractivity contribution >= 4 is 29.4 Å². The fraction of sp³-hybridized carbons (Fsp3) is 0.444. The van der Waals surface area contributed by atoms with Crippen LogP contribution in [0.4, 0.5) is 0 Å². The Bertz CT molecular complexity index is 800. The van der Waals surface area contributed by atoms with Gasteiger partial charge in [0.25, 0.3) is 5.70 Å². The van der Waals surface area contributed by atoms with Gasteiger partial charge in [0.2, 0.25) is 5.91 Å². The van der Waals surface area contributed by atoms with Crippen LogP contribution >= 0.6 is 11.3 Å². The van der Waals surface area contributed by atoms with E-state index >= 15 is 0 Å². The number of nitrogens with one attached hydrogen (secondary N) is 2. The van der Waals surface area contributed by atoms with E-state index in [1.807, 2.05) is 0 Å². The molecule has 0 bridgehead atoms. The molecule has 0 unspecified atom stereocenters. The van der Waals surface area contributed by atoms with Gasteiger partial charge in [0.15, 0.2) is 5.69 Å². The number of nitrogens with zero attached hydrogens (tertiary/aromatic N) is 3. The molecule has 0 aliphatic heterocycles. The van der Waals surface area contributed by atoms with Crippen molar-refractivity contribution in [1.82, 2.24) is 15.6 Å². The summed E-state index contributed by atoms with van der Waals surface area (Å²) in [5.74, 6) is -0.779. The summed E-state index contributed by atoms with van der Waals surface area (Å²) < 4.78 is 4.89. The molecule has 0 aromatic carbocycles. The molecule has 1 amide bonds.